The molecule has 1 atom stereocenters. The maximum absolute atomic E-state index is 15.4. The van der Waals surface area contributed by atoms with Gasteiger partial charge in [0.05, 0.1) is 0 Å². The quantitative estimate of drug-likeness (QED) is 0.357. The van der Waals surface area contributed by atoms with Crippen LogP contribution >= 0.6 is 0 Å². The van der Waals surface area contributed by atoms with E-state index in [1.165, 1.54) is 12.1 Å². The number of hydrogen-bond acceptors (Lipinski definition) is 5. The summed E-state index contributed by atoms with van der Waals surface area (Å²) in [5, 5.41) is 6.89. The molecule has 3 heterocycles. The van der Waals surface area contributed by atoms with Crippen molar-refractivity contribution in [3.05, 3.63) is 83.0 Å². The molecule has 1 amide bonds. The van der Waals surface area contributed by atoms with Gasteiger partial charge < -0.3 is 14.9 Å². The van der Waals surface area contributed by atoms with Crippen LogP contribution in [0.25, 0.3) is 16.8 Å². The molecule has 0 spiro atoms. The number of benzene rings is 1. The zero-order valence-electron chi connectivity index (χ0n) is 26.3. The Morgan fingerprint density at radius 1 is 1.12 bits per heavy atom. The highest BCUT2D eigenvalue weighted by Crippen LogP contribution is 2.30. The molecule has 9 heteroatoms. The Bertz CT molecular complexity index is 1400. The first-order chi connectivity index (χ1) is 20.6. The van der Waals surface area contributed by atoms with Crippen molar-refractivity contribution >= 4 is 23.7 Å². The first-order valence-electron chi connectivity index (χ1n) is 14.9. The number of nitrogens with zero attached hydrogens (tertiary/aromatic N) is 4. The minimum absolute atomic E-state index is 0.0606. The van der Waals surface area contributed by atoms with Gasteiger partial charge in [0.25, 0.3) is 12.4 Å². The zero-order chi connectivity index (χ0) is 32.1. The number of carboxylic acid groups (broad SMARTS) is 1. The number of rotatable bonds is 5. The van der Waals surface area contributed by atoms with Crippen molar-refractivity contribution in [1.82, 2.24) is 14.8 Å². The second kappa shape index (κ2) is 17.1. The van der Waals surface area contributed by atoms with E-state index in [4.69, 9.17) is 14.9 Å². The molecule has 0 saturated carbocycles. The van der Waals surface area contributed by atoms with Crippen molar-refractivity contribution in [3.8, 4) is 11.3 Å². The number of aromatic nitrogens is 1. The van der Waals surface area contributed by atoms with E-state index in [-0.39, 0.29) is 24.1 Å². The normalized spacial score (nSPS) is 17.9. The SMILES string of the molecule is C/C=C(\C=C1\N=C(C(=O)N2CCCCCC2C)C=C(CC)N1C)c1ccc(-c2nc(C)ccc2F)cc1F.CC.O=CO. The van der Waals surface area contributed by atoms with Crippen LogP contribution in [0.5, 0.6) is 0 Å². The Balaban J connectivity index is 0.00000121. The van der Waals surface area contributed by atoms with E-state index in [0.29, 0.717) is 33.9 Å². The molecule has 43 heavy (non-hydrogen) atoms. The van der Waals surface area contributed by atoms with Crippen LogP contribution in [-0.2, 0) is 9.59 Å². The van der Waals surface area contributed by atoms with E-state index < -0.39 is 11.6 Å². The molecule has 2 aromatic rings. The largest absolute Gasteiger partial charge is 0.483 e. The van der Waals surface area contributed by atoms with Crippen molar-refractivity contribution in [3.63, 3.8) is 0 Å². The number of aryl methyl sites for hydroxylation is 1. The van der Waals surface area contributed by atoms with Crippen molar-refractivity contribution in [1.29, 1.82) is 0 Å². The second-order valence-corrected chi connectivity index (χ2v) is 10.1. The van der Waals surface area contributed by atoms with Gasteiger partial charge in [-0.3, -0.25) is 14.6 Å². The topological polar surface area (TPSA) is 86.1 Å². The number of allylic oxidation sites excluding steroid dienone is 4. The van der Waals surface area contributed by atoms with E-state index in [0.717, 1.165) is 44.3 Å². The van der Waals surface area contributed by atoms with Gasteiger partial charge in [0.2, 0.25) is 0 Å². The third kappa shape index (κ3) is 8.92. The van der Waals surface area contributed by atoms with Crippen molar-refractivity contribution in [2.45, 2.75) is 79.7 Å². The average Bonchev–Trinajstić information content (AvgIpc) is 3.23. The number of carbonyl (C=O) groups excluding carboxylic acids is 1. The standard InChI is InChI=1S/C31H36F2N4O.C2H6.CH2O2/c1-6-22(25-14-13-23(17-27(25)33)30-26(32)15-12-20(3)34-30)18-29-35-28(19-24(7-2)36(29)5)31(38)37-16-10-8-9-11-21(37)4;1-2;2-1-3/h6,12-15,17-19,21H,7-11,16H2,1-5H3;1-2H3;1H,(H,2,3)/b22-6+,29-18-;;. The first-order valence-corrected chi connectivity index (χ1v) is 14.9. The number of amides is 1. The number of aliphatic imine (C=N–C) groups is 1. The van der Waals surface area contributed by atoms with Crippen LogP contribution in [0.1, 0.15) is 78.0 Å². The molecule has 0 bridgehead atoms. The summed E-state index contributed by atoms with van der Waals surface area (Å²) in [5.74, 6) is -0.476. The summed E-state index contributed by atoms with van der Waals surface area (Å²) in [6.45, 7) is 12.2. The van der Waals surface area contributed by atoms with E-state index in [2.05, 4.69) is 11.9 Å². The Kier molecular flexibility index (Phi) is 13.9. The Hall–Kier alpha value is -4.14. The summed E-state index contributed by atoms with van der Waals surface area (Å²) in [6, 6.07) is 7.71. The van der Waals surface area contributed by atoms with Crippen molar-refractivity contribution in [2.75, 3.05) is 13.6 Å². The summed E-state index contributed by atoms with van der Waals surface area (Å²) in [6.07, 6.45) is 10.4. The molecule has 0 aliphatic carbocycles. The predicted octanol–water partition coefficient (Wildman–Crippen LogP) is 7.78. The van der Waals surface area contributed by atoms with Gasteiger partial charge in [-0.15, -0.1) is 0 Å². The molecular formula is C34H44F2N4O3. The van der Waals surface area contributed by atoms with Gasteiger partial charge in [0.1, 0.15) is 28.9 Å². The molecular weight excluding hydrogens is 550 g/mol. The minimum Gasteiger partial charge on any atom is -0.483 e. The third-order valence-electron chi connectivity index (χ3n) is 7.34. The van der Waals surface area contributed by atoms with Crippen LogP contribution < -0.4 is 0 Å². The molecule has 1 aromatic heterocycles. The van der Waals surface area contributed by atoms with Crippen LogP contribution in [0.2, 0.25) is 0 Å². The molecule has 2 aliphatic rings. The summed E-state index contributed by atoms with van der Waals surface area (Å²) in [5.41, 5.74) is 3.50. The van der Waals surface area contributed by atoms with Gasteiger partial charge in [-0.25, -0.2) is 13.8 Å². The Morgan fingerprint density at radius 3 is 2.44 bits per heavy atom. The Morgan fingerprint density at radius 2 is 1.81 bits per heavy atom. The maximum atomic E-state index is 15.4. The highest BCUT2D eigenvalue weighted by Gasteiger charge is 2.28. The van der Waals surface area contributed by atoms with Gasteiger partial charge in [0.15, 0.2) is 0 Å². The van der Waals surface area contributed by atoms with Crippen LogP contribution in [0, 0.1) is 18.6 Å². The lowest BCUT2D eigenvalue weighted by atomic mass is 10.0. The van der Waals surface area contributed by atoms with Crippen molar-refractivity contribution in [2.24, 2.45) is 4.99 Å². The number of carbonyl (C=O) groups is 2. The summed E-state index contributed by atoms with van der Waals surface area (Å²) >= 11 is 0. The maximum Gasteiger partial charge on any atom is 0.290 e. The van der Waals surface area contributed by atoms with Crippen LogP contribution in [0.4, 0.5) is 8.78 Å². The Labute approximate surface area is 254 Å². The molecule has 1 N–H and O–H groups in total. The predicted molar refractivity (Wildman–Crippen MR) is 169 cm³/mol. The first kappa shape index (κ1) is 35.1. The summed E-state index contributed by atoms with van der Waals surface area (Å²) in [7, 11) is 1.90. The van der Waals surface area contributed by atoms with Crippen LogP contribution in [-0.4, -0.2) is 57.6 Å². The van der Waals surface area contributed by atoms with Gasteiger partial charge in [0, 0.05) is 42.2 Å². The lowest BCUT2D eigenvalue weighted by Crippen LogP contribution is -2.43. The highest BCUT2D eigenvalue weighted by molar-refractivity contribution is 6.43. The lowest BCUT2D eigenvalue weighted by Gasteiger charge is -2.31. The number of pyridine rings is 1. The third-order valence-corrected chi connectivity index (χ3v) is 7.34. The zero-order valence-corrected chi connectivity index (χ0v) is 26.3. The van der Waals surface area contributed by atoms with E-state index in [9.17, 15) is 9.18 Å². The highest BCUT2D eigenvalue weighted by atomic mass is 19.1. The molecule has 232 valence electrons. The molecule has 7 nitrogen and oxygen atoms in total. The van der Waals surface area contributed by atoms with Crippen LogP contribution in [0.15, 0.2) is 65.1 Å². The fraction of sp³-hybridized carbons (Fsp3) is 0.412. The van der Waals surface area contributed by atoms with Crippen molar-refractivity contribution < 1.29 is 23.5 Å². The number of halogens is 2. The lowest BCUT2D eigenvalue weighted by molar-refractivity contribution is -0.126. The number of hydrogen-bond donors (Lipinski definition) is 1. The second-order valence-electron chi connectivity index (χ2n) is 10.1. The summed E-state index contributed by atoms with van der Waals surface area (Å²) in [4.78, 5) is 34.7. The molecule has 0 radical (unpaired) electrons. The molecule has 1 aromatic carbocycles. The minimum atomic E-state index is -0.496. The van der Waals surface area contributed by atoms with E-state index >= 15 is 4.39 Å². The smallest absolute Gasteiger partial charge is 0.290 e. The van der Waals surface area contributed by atoms with Crippen LogP contribution in [0.3, 0.4) is 0 Å². The van der Waals surface area contributed by atoms with Gasteiger partial charge >= 0.3 is 0 Å². The average molecular weight is 595 g/mol. The summed E-state index contributed by atoms with van der Waals surface area (Å²) < 4.78 is 29.7. The molecule has 1 unspecified atom stereocenters. The fourth-order valence-corrected chi connectivity index (χ4v) is 5.03. The number of likely N-dealkylation sites (tertiary alicyclic amines) is 1. The molecule has 1 fully saturated rings. The molecule has 2 aliphatic heterocycles. The molecule has 1 saturated heterocycles. The monoisotopic (exact) mass is 594 g/mol. The van der Waals surface area contributed by atoms with Gasteiger partial charge in [-0.2, -0.15) is 0 Å². The van der Waals surface area contributed by atoms with E-state index in [1.54, 1.807) is 31.2 Å². The van der Waals surface area contributed by atoms with E-state index in [1.807, 2.05) is 56.7 Å². The van der Waals surface area contributed by atoms with Gasteiger partial charge in [-0.05, 0) is 76.0 Å². The fourth-order valence-electron chi connectivity index (χ4n) is 5.03. The van der Waals surface area contributed by atoms with Gasteiger partial charge in [-0.1, -0.05) is 51.8 Å². The molecule has 4 rings (SSSR count).